The lowest BCUT2D eigenvalue weighted by Crippen LogP contribution is -2.48. The monoisotopic (exact) mass is 309 g/mol. The van der Waals surface area contributed by atoms with Crippen LogP contribution in [0.25, 0.3) is 0 Å². The molecule has 0 unspecified atom stereocenters. The Morgan fingerprint density at radius 1 is 1.22 bits per heavy atom. The summed E-state index contributed by atoms with van der Waals surface area (Å²) in [6.07, 6.45) is 3.49. The van der Waals surface area contributed by atoms with E-state index in [0.29, 0.717) is 17.7 Å². The Bertz CT molecular complexity index is 486. The Hall–Kier alpha value is -1.16. The number of hydrogen-bond donors (Lipinski definition) is 1. The Morgan fingerprint density at radius 3 is 2.67 bits per heavy atom. The van der Waals surface area contributed by atoms with Crippen molar-refractivity contribution in [3.05, 3.63) is 29.8 Å². The third-order valence-electron chi connectivity index (χ3n) is 3.26. The van der Waals surface area contributed by atoms with Gasteiger partial charge in [0.15, 0.2) is 10.1 Å². The smallest absolute Gasteiger partial charge is 0.249 e. The molecule has 96 valence electrons. The molecule has 1 aliphatic heterocycles. The van der Waals surface area contributed by atoms with Gasteiger partial charge in [-0.2, -0.15) is 0 Å². The van der Waals surface area contributed by atoms with Crippen LogP contribution in [0.3, 0.4) is 0 Å². The van der Waals surface area contributed by atoms with E-state index < -0.39 is 4.32 Å². The summed E-state index contributed by atoms with van der Waals surface area (Å²) in [5, 5.41) is 2.80. The molecule has 0 radical (unpaired) electrons. The molecule has 1 heterocycles. The molecule has 1 aromatic rings. The number of carbonyl (C=O) groups excluding carboxylic acids is 2. The highest BCUT2D eigenvalue weighted by Gasteiger charge is 2.47. The van der Waals surface area contributed by atoms with Crippen LogP contribution in [0.4, 0.5) is 5.69 Å². The van der Waals surface area contributed by atoms with E-state index in [-0.39, 0.29) is 11.7 Å². The van der Waals surface area contributed by atoms with Crippen LogP contribution in [-0.2, 0) is 4.79 Å². The molecule has 0 saturated heterocycles. The third kappa shape index (κ3) is 2.21. The number of unbranched alkanes of at least 4 members (excludes halogenated alkanes) is 2. The van der Waals surface area contributed by atoms with Gasteiger partial charge in [0.1, 0.15) is 0 Å². The summed E-state index contributed by atoms with van der Waals surface area (Å²) < 4.78 is -1.09. The zero-order valence-corrected chi connectivity index (χ0v) is 11.9. The standard InChI is InChI=1S/C14H16BrNO2/c1-2-3-6-9-14(15)12(17)10-7-4-5-8-11(10)16-13(14)18/h4-5,7-8H,2-3,6,9H2,1H3,(H,16,18)/t14-/m1/s1. The number of Topliss-reactive ketones (excluding diaryl/α,β-unsaturated/α-hetero) is 1. The lowest BCUT2D eigenvalue weighted by molar-refractivity contribution is -0.117. The molecule has 0 aromatic heterocycles. The van der Waals surface area contributed by atoms with Gasteiger partial charge in [0, 0.05) is 5.56 Å². The minimum absolute atomic E-state index is 0.127. The molecule has 4 heteroatoms. The molecule has 0 saturated carbocycles. The summed E-state index contributed by atoms with van der Waals surface area (Å²) in [6, 6.07) is 7.13. The van der Waals surface area contributed by atoms with E-state index in [2.05, 4.69) is 28.2 Å². The van der Waals surface area contributed by atoms with E-state index in [4.69, 9.17) is 0 Å². The summed E-state index contributed by atoms with van der Waals surface area (Å²) in [5.74, 6) is -0.375. The molecule has 1 N–H and O–H groups in total. The molecule has 2 rings (SSSR count). The summed E-state index contributed by atoms with van der Waals surface area (Å²) in [5.41, 5.74) is 1.20. The maximum Gasteiger partial charge on any atom is 0.249 e. The minimum atomic E-state index is -1.09. The molecular weight excluding hydrogens is 294 g/mol. The maximum atomic E-state index is 12.4. The van der Waals surface area contributed by atoms with Crippen molar-refractivity contribution in [1.29, 1.82) is 0 Å². The molecule has 0 fully saturated rings. The van der Waals surface area contributed by atoms with Crippen LogP contribution in [-0.4, -0.2) is 16.0 Å². The molecule has 1 aliphatic rings. The number of para-hydroxylation sites is 1. The molecule has 0 bridgehead atoms. The van der Waals surface area contributed by atoms with Crippen molar-refractivity contribution in [3.63, 3.8) is 0 Å². The SMILES string of the molecule is CCCCC[C@]1(Br)C(=O)Nc2ccccc2C1=O. The van der Waals surface area contributed by atoms with E-state index in [9.17, 15) is 9.59 Å². The number of ketones is 1. The molecule has 1 amide bonds. The van der Waals surface area contributed by atoms with Gasteiger partial charge in [-0.3, -0.25) is 9.59 Å². The molecule has 3 nitrogen and oxygen atoms in total. The number of anilines is 1. The van der Waals surface area contributed by atoms with Gasteiger partial charge in [0.25, 0.3) is 0 Å². The third-order valence-corrected chi connectivity index (χ3v) is 4.38. The zero-order valence-electron chi connectivity index (χ0n) is 10.3. The predicted molar refractivity (Wildman–Crippen MR) is 75.2 cm³/mol. The highest BCUT2D eigenvalue weighted by Crippen LogP contribution is 2.37. The lowest BCUT2D eigenvalue weighted by Gasteiger charge is -2.30. The number of hydrogen-bond acceptors (Lipinski definition) is 2. The largest absolute Gasteiger partial charge is 0.324 e. The number of alkyl halides is 1. The van der Waals surface area contributed by atoms with Crippen molar-refractivity contribution in [2.75, 3.05) is 5.32 Å². The van der Waals surface area contributed by atoms with Crippen LogP contribution < -0.4 is 5.32 Å². The molecule has 18 heavy (non-hydrogen) atoms. The van der Waals surface area contributed by atoms with Gasteiger partial charge in [-0.15, -0.1) is 0 Å². The van der Waals surface area contributed by atoms with Crippen LogP contribution >= 0.6 is 15.9 Å². The van der Waals surface area contributed by atoms with Crippen LogP contribution in [0.2, 0.25) is 0 Å². The lowest BCUT2D eigenvalue weighted by atomic mass is 9.87. The van der Waals surface area contributed by atoms with Gasteiger partial charge in [-0.1, -0.05) is 54.2 Å². The first-order chi connectivity index (χ1) is 8.59. The second-order valence-corrected chi connectivity index (χ2v) is 5.94. The second kappa shape index (κ2) is 5.22. The van der Waals surface area contributed by atoms with Crippen LogP contribution in [0, 0.1) is 0 Å². The average molecular weight is 310 g/mol. The second-order valence-electron chi connectivity index (χ2n) is 4.59. The molecule has 1 aromatic carbocycles. The van der Waals surface area contributed by atoms with Crippen molar-refractivity contribution >= 4 is 33.3 Å². The van der Waals surface area contributed by atoms with Gasteiger partial charge in [0.2, 0.25) is 5.91 Å². The van der Waals surface area contributed by atoms with E-state index in [1.165, 1.54) is 0 Å². The number of carbonyl (C=O) groups is 2. The summed E-state index contributed by atoms with van der Waals surface area (Å²) >= 11 is 3.37. The number of halogens is 1. The number of rotatable bonds is 4. The average Bonchev–Trinajstić information content (AvgIpc) is 2.37. The van der Waals surface area contributed by atoms with Gasteiger partial charge >= 0.3 is 0 Å². The number of amides is 1. The zero-order chi connectivity index (χ0) is 13.2. The molecule has 1 atom stereocenters. The first-order valence-corrected chi connectivity index (χ1v) is 7.03. The van der Waals surface area contributed by atoms with Gasteiger partial charge in [-0.05, 0) is 18.6 Å². The Kier molecular flexibility index (Phi) is 3.85. The van der Waals surface area contributed by atoms with Crippen LogP contribution in [0.5, 0.6) is 0 Å². The van der Waals surface area contributed by atoms with E-state index in [1.54, 1.807) is 12.1 Å². The molecular formula is C14H16BrNO2. The van der Waals surface area contributed by atoms with Crippen LogP contribution in [0.1, 0.15) is 43.0 Å². The highest BCUT2D eigenvalue weighted by molar-refractivity contribution is 9.10. The Labute approximate surface area is 115 Å². The highest BCUT2D eigenvalue weighted by atomic mass is 79.9. The van der Waals surface area contributed by atoms with Gasteiger partial charge in [-0.25, -0.2) is 0 Å². The number of benzene rings is 1. The number of fused-ring (bicyclic) bond motifs is 1. The van der Waals surface area contributed by atoms with Crippen molar-refractivity contribution in [1.82, 2.24) is 0 Å². The summed E-state index contributed by atoms with van der Waals surface area (Å²) in [4.78, 5) is 24.5. The first kappa shape index (κ1) is 13.3. The Morgan fingerprint density at radius 2 is 1.94 bits per heavy atom. The van der Waals surface area contributed by atoms with E-state index >= 15 is 0 Å². The summed E-state index contributed by atoms with van der Waals surface area (Å²) in [6.45, 7) is 2.10. The van der Waals surface area contributed by atoms with Crippen molar-refractivity contribution in [2.45, 2.75) is 36.9 Å². The molecule has 0 aliphatic carbocycles. The van der Waals surface area contributed by atoms with Crippen molar-refractivity contribution < 1.29 is 9.59 Å². The van der Waals surface area contributed by atoms with Crippen LogP contribution in [0.15, 0.2) is 24.3 Å². The quantitative estimate of drug-likeness (QED) is 0.525. The van der Waals surface area contributed by atoms with E-state index in [1.807, 2.05) is 12.1 Å². The minimum Gasteiger partial charge on any atom is -0.324 e. The predicted octanol–water partition coefficient (Wildman–Crippen LogP) is 3.54. The van der Waals surface area contributed by atoms with Gasteiger partial charge < -0.3 is 5.32 Å². The fourth-order valence-corrected chi connectivity index (χ4v) is 2.77. The van der Waals surface area contributed by atoms with E-state index in [0.717, 1.165) is 19.3 Å². The topological polar surface area (TPSA) is 46.2 Å². The van der Waals surface area contributed by atoms with Gasteiger partial charge in [0.05, 0.1) is 5.69 Å². The number of nitrogens with one attached hydrogen (secondary N) is 1. The Balaban J connectivity index is 2.28. The first-order valence-electron chi connectivity index (χ1n) is 6.24. The maximum absolute atomic E-state index is 12.4. The molecule has 0 spiro atoms. The summed E-state index contributed by atoms with van der Waals surface area (Å²) in [7, 11) is 0. The van der Waals surface area contributed by atoms with Crippen molar-refractivity contribution in [3.8, 4) is 0 Å². The normalized spacial score (nSPS) is 22.6. The fraction of sp³-hybridized carbons (Fsp3) is 0.429. The van der Waals surface area contributed by atoms with Crippen molar-refractivity contribution in [2.24, 2.45) is 0 Å². The fourth-order valence-electron chi connectivity index (χ4n) is 2.17.